The van der Waals surface area contributed by atoms with Crippen molar-refractivity contribution in [2.24, 2.45) is 0 Å². The Morgan fingerprint density at radius 2 is 2.28 bits per heavy atom. The van der Waals surface area contributed by atoms with Crippen LogP contribution in [0.3, 0.4) is 0 Å². The quantitative estimate of drug-likeness (QED) is 0.711. The molecule has 4 nitrogen and oxygen atoms in total. The Balaban J connectivity index is 2.65. The highest BCUT2D eigenvalue weighted by Gasteiger charge is 2.17. The summed E-state index contributed by atoms with van der Waals surface area (Å²) >= 11 is 3.60. The van der Waals surface area contributed by atoms with Crippen molar-refractivity contribution in [1.29, 1.82) is 0 Å². The summed E-state index contributed by atoms with van der Waals surface area (Å²) < 4.78 is 8.57. The van der Waals surface area contributed by atoms with E-state index in [1.165, 1.54) is 5.69 Å². The molecule has 1 aromatic heterocycles. The standard InChI is InChI=1S/C13H24BrN3O/c1-4-8-17-13(11(14)10-16-17)12(15-3)7-6-9-18-5-2/h10,12,15H,4-9H2,1-3H3. The van der Waals surface area contributed by atoms with Gasteiger partial charge in [0.2, 0.25) is 0 Å². The molecule has 0 aliphatic carbocycles. The molecule has 0 saturated carbocycles. The summed E-state index contributed by atoms with van der Waals surface area (Å²) in [5.41, 5.74) is 1.25. The Labute approximate surface area is 118 Å². The van der Waals surface area contributed by atoms with Crippen LogP contribution in [0, 0.1) is 0 Å². The van der Waals surface area contributed by atoms with Crippen molar-refractivity contribution in [2.45, 2.75) is 45.7 Å². The zero-order valence-corrected chi connectivity index (χ0v) is 13.2. The van der Waals surface area contributed by atoms with Crippen molar-refractivity contribution in [2.75, 3.05) is 20.3 Å². The molecular weight excluding hydrogens is 294 g/mol. The van der Waals surface area contributed by atoms with Crippen LogP contribution in [-0.2, 0) is 11.3 Å². The zero-order valence-electron chi connectivity index (χ0n) is 11.6. The van der Waals surface area contributed by atoms with E-state index >= 15 is 0 Å². The molecule has 1 atom stereocenters. The first-order valence-corrected chi connectivity index (χ1v) is 7.50. The first-order valence-electron chi connectivity index (χ1n) is 6.70. The van der Waals surface area contributed by atoms with Gasteiger partial charge < -0.3 is 10.1 Å². The van der Waals surface area contributed by atoms with Crippen molar-refractivity contribution in [3.8, 4) is 0 Å². The lowest BCUT2D eigenvalue weighted by molar-refractivity contribution is 0.140. The average Bonchev–Trinajstić information content (AvgIpc) is 2.72. The largest absolute Gasteiger partial charge is 0.382 e. The molecule has 0 aliphatic heterocycles. The van der Waals surface area contributed by atoms with Crippen LogP contribution in [0.15, 0.2) is 10.7 Å². The number of halogens is 1. The number of nitrogens with zero attached hydrogens (tertiary/aromatic N) is 2. The smallest absolute Gasteiger partial charge is 0.0695 e. The normalized spacial score (nSPS) is 12.9. The Bertz CT molecular complexity index is 341. The van der Waals surface area contributed by atoms with Gasteiger partial charge in [-0.05, 0) is 49.2 Å². The first kappa shape index (κ1) is 15.7. The van der Waals surface area contributed by atoms with Crippen LogP contribution in [-0.4, -0.2) is 30.0 Å². The molecule has 0 fully saturated rings. The minimum Gasteiger partial charge on any atom is -0.382 e. The Morgan fingerprint density at radius 3 is 2.89 bits per heavy atom. The minimum atomic E-state index is 0.328. The maximum absolute atomic E-state index is 5.39. The van der Waals surface area contributed by atoms with Gasteiger partial charge in [-0.1, -0.05) is 6.92 Å². The minimum absolute atomic E-state index is 0.328. The van der Waals surface area contributed by atoms with Crippen LogP contribution in [0.4, 0.5) is 0 Å². The predicted octanol–water partition coefficient (Wildman–Crippen LogP) is 3.13. The summed E-state index contributed by atoms with van der Waals surface area (Å²) in [6, 6.07) is 0.328. The molecular formula is C13H24BrN3O. The fourth-order valence-corrected chi connectivity index (χ4v) is 2.63. The van der Waals surface area contributed by atoms with E-state index in [0.29, 0.717) is 6.04 Å². The number of hydrogen-bond donors (Lipinski definition) is 1. The predicted molar refractivity (Wildman–Crippen MR) is 77.7 cm³/mol. The summed E-state index contributed by atoms with van der Waals surface area (Å²) in [6.45, 7) is 6.78. The van der Waals surface area contributed by atoms with Crippen molar-refractivity contribution < 1.29 is 4.74 Å². The van der Waals surface area contributed by atoms with Gasteiger partial charge in [0.05, 0.1) is 22.4 Å². The fourth-order valence-electron chi connectivity index (χ4n) is 2.06. The lowest BCUT2D eigenvalue weighted by Gasteiger charge is -2.18. The van der Waals surface area contributed by atoms with E-state index < -0.39 is 0 Å². The molecule has 1 unspecified atom stereocenters. The van der Waals surface area contributed by atoms with Crippen LogP contribution in [0.1, 0.15) is 44.8 Å². The summed E-state index contributed by atoms with van der Waals surface area (Å²) in [5.74, 6) is 0. The SMILES string of the molecule is CCCn1ncc(Br)c1C(CCCOCC)NC. The average molecular weight is 318 g/mol. The van der Waals surface area contributed by atoms with Crippen LogP contribution in [0.2, 0.25) is 0 Å². The number of aryl methyl sites for hydroxylation is 1. The zero-order chi connectivity index (χ0) is 13.4. The number of aromatic nitrogens is 2. The van der Waals surface area contributed by atoms with Gasteiger partial charge in [0.15, 0.2) is 0 Å². The highest BCUT2D eigenvalue weighted by Crippen LogP contribution is 2.26. The Hall–Kier alpha value is -0.390. The molecule has 0 bridgehead atoms. The van der Waals surface area contributed by atoms with Crippen molar-refractivity contribution in [1.82, 2.24) is 15.1 Å². The van der Waals surface area contributed by atoms with Crippen LogP contribution < -0.4 is 5.32 Å². The molecule has 0 radical (unpaired) electrons. The Kier molecular flexibility index (Phi) is 7.54. The maximum atomic E-state index is 5.39. The van der Waals surface area contributed by atoms with Gasteiger partial charge in [-0.15, -0.1) is 0 Å². The molecule has 1 rings (SSSR count). The summed E-state index contributed by atoms with van der Waals surface area (Å²) in [5, 5.41) is 7.79. The van der Waals surface area contributed by atoms with Crippen LogP contribution in [0.5, 0.6) is 0 Å². The van der Waals surface area contributed by atoms with E-state index in [4.69, 9.17) is 4.74 Å². The number of hydrogen-bond acceptors (Lipinski definition) is 3. The van der Waals surface area contributed by atoms with E-state index in [9.17, 15) is 0 Å². The second kappa shape index (κ2) is 8.67. The molecule has 0 aliphatic rings. The van der Waals surface area contributed by atoms with E-state index in [1.807, 2.05) is 20.2 Å². The van der Waals surface area contributed by atoms with Crippen LogP contribution >= 0.6 is 15.9 Å². The van der Waals surface area contributed by atoms with E-state index in [2.05, 4.69) is 38.0 Å². The van der Waals surface area contributed by atoms with E-state index in [1.54, 1.807) is 0 Å². The van der Waals surface area contributed by atoms with Crippen LogP contribution in [0.25, 0.3) is 0 Å². The highest BCUT2D eigenvalue weighted by atomic mass is 79.9. The molecule has 5 heteroatoms. The van der Waals surface area contributed by atoms with Gasteiger partial charge in [0.25, 0.3) is 0 Å². The van der Waals surface area contributed by atoms with Gasteiger partial charge in [-0.25, -0.2) is 0 Å². The van der Waals surface area contributed by atoms with Crippen molar-refractivity contribution in [3.05, 3.63) is 16.4 Å². The van der Waals surface area contributed by atoms with Gasteiger partial charge in [-0.3, -0.25) is 4.68 Å². The lowest BCUT2D eigenvalue weighted by Crippen LogP contribution is -2.21. The maximum Gasteiger partial charge on any atom is 0.0695 e. The first-order chi connectivity index (χ1) is 8.74. The summed E-state index contributed by atoms with van der Waals surface area (Å²) in [4.78, 5) is 0. The molecule has 1 heterocycles. The van der Waals surface area contributed by atoms with Gasteiger partial charge in [-0.2, -0.15) is 5.10 Å². The third kappa shape index (κ3) is 4.37. The highest BCUT2D eigenvalue weighted by molar-refractivity contribution is 9.10. The molecule has 1 N–H and O–H groups in total. The van der Waals surface area contributed by atoms with Crippen molar-refractivity contribution >= 4 is 15.9 Å². The molecule has 0 spiro atoms. The van der Waals surface area contributed by atoms with Gasteiger partial charge in [0.1, 0.15) is 0 Å². The molecule has 0 amide bonds. The fraction of sp³-hybridized carbons (Fsp3) is 0.769. The third-order valence-electron chi connectivity index (χ3n) is 2.93. The lowest BCUT2D eigenvalue weighted by atomic mass is 10.1. The van der Waals surface area contributed by atoms with Gasteiger partial charge in [0, 0.05) is 19.8 Å². The third-order valence-corrected chi connectivity index (χ3v) is 3.54. The summed E-state index contributed by atoms with van der Waals surface area (Å²) in [7, 11) is 2.00. The topological polar surface area (TPSA) is 39.1 Å². The molecule has 0 aromatic carbocycles. The molecule has 104 valence electrons. The van der Waals surface area contributed by atoms with Gasteiger partial charge >= 0.3 is 0 Å². The van der Waals surface area contributed by atoms with E-state index in [-0.39, 0.29) is 0 Å². The summed E-state index contributed by atoms with van der Waals surface area (Å²) in [6.07, 6.45) is 5.10. The Morgan fingerprint density at radius 1 is 1.50 bits per heavy atom. The van der Waals surface area contributed by atoms with Crippen molar-refractivity contribution in [3.63, 3.8) is 0 Å². The number of ether oxygens (including phenoxy) is 1. The number of nitrogens with one attached hydrogen (secondary N) is 1. The second-order valence-corrected chi connectivity index (χ2v) is 5.14. The van der Waals surface area contributed by atoms with E-state index in [0.717, 1.165) is 43.5 Å². The molecule has 1 aromatic rings. The second-order valence-electron chi connectivity index (χ2n) is 4.28. The monoisotopic (exact) mass is 317 g/mol. The molecule has 18 heavy (non-hydrogen) atoms. The number of rotatable bonds is 9. The molecule has 0 saturated heterocycles.